The molecule has 0 atom stereocenters. The first-order chi connectivity index (χ1) is 10.7. The second-order valence-electron chi connectivity index (χ2n) is 4.62. The number of thiophene rings is 1. The Hall–Kier alpha value is -2.60. The van der Waals surface area contributed by atoms with Crippen molar-refractivity contribution < 1.29 is 14.1 Å². The molecule has 3 aromatic rings. The van der Waals surface area contributed by atoms with E-state index in [1.54, 1.807) is 36.6 Å². The van der Waals surface area contributed by atoms with Crippen LogP contribution in [0.4, 0.5) is 5.69 Å². The Labute approximate surface area is 131 Å². The van der Waals surface area contributed by atoms with Crippen LogP contribution in [0.25, 0.3) is 10.6 Å². The number of hydrogen-bond donors (Lipinski definition) is 1. The Bertz CT molecular complexity index is 765. The number of anilines is 1. The lowest BCUT2D eigenvalue weighted by molar-refractivity contribution is -0.115. The summed E-state index contributed by atoms with van der Waals surface area (Å²) in [5, 5.41) is 8.71. The summed E-state index contributed by atoms with van der Waals surface area (Å²) in [5.41, 5.74) is 1.29. The SMILES string of the molecule is COc1cccc(NC(=O)Cc2cc(-c3cccs3)on2)c1. The Balaban J connectivity index is 1.64. The van der Waals surface area contributed by atoms with Crippen LogP contribution in [0.15, 0.2) is 52.4 Å². The van der Waals surface area contributed by atoms with Crippen LogP contribution in [0.5, 0.6) is 5.75 Å². The molecule has 1 N–H and O–H groups in total. The van der Waals surface area contributed by atoms with Gasteiger partial charge in [0, 0.05) is 17.8 Å². The molecule has 6 heteroatoms. The van der Waals surface area contributed by atoms with Crippen LogP contribution in [-0.2, 0) is 11.2 Å². The average molecular weight is 314 g/mol. The minimum absolute atomic E-state index is 0.153. The van der Waals surface area contributed by atoms with E-state index in [0.717, 1.165) is 4.88 Å². The van der Waals surface area contributed by atoms with Crippen molar-refractivity contribution in [1.29, 1.82) is 0 Å². The highest BCUT2D eigenvalue weighted by Gasteiger charge is 2.11. The van der Waals surface area contributed by atoms with Crippen molar-refractivity contribution in [3.63, 3.8) is 0 Å². The van der Waals surface area contributed by atoms with Gasteiger partial charge in [-0.05, 0) is 23.6 Å². The van der Waals surface area contributed by atoms with E-state index in [9.17, 15) is 4.79 Å². The summed E-state index contributed by atoms with van der Waals surface area (Å²) in [7, 11) is 1.59. The maximum atomic E-state index is 12.0. The van der Waals surface area contributed by atoms with Crippen molar-refractivity contribution in [3.05, 3.63) is 53.5 Å². The summed E-state index contributed by atoms with van der Waals surface area (Å²) < 4.78 is 10.4. The summed E-state index contributed by atoms with van der Waals surface area (Å²) in [4.78, 5) is 13.0. The van der Waals surface area contributed by atoms with Crippen LogP contribution in [0.2, 0.25) is 0 Å². The Morgan fingerprint density at radius 2 is 2.23 bits per heavy atom. The number of nitrogens with zero attached hydrogens (tertiary/aromatic N) is 1. The van der Waals surface area contributed by atoms with Crippen LogP contribution >= 0.6 is 11.3 Å². The average Bonchev–Trinajstić information content (AvgIpc) is 3.18. The zero-order chi connectivity index (χ0) is 15.4. The van der Waals surface area contributed by atoms with Crippen molar-refractivity contribution in [1.82, 2.24) is 5.16 Å². The number of methoxy groups -OCH3 is 1. The molecule has 0 saturated carbocycles. The number of carbonyl (C=O) groups is 1. The van der Waals surface area contributed by atoms with Gasteiger partial charge in [-0.2, -0.15) is 0 Å². The molecule has 0 radical (unpaired) electrons. The Morgan fingerprint density at radius 1 is 1.32 bits per heavy atom. The third-order valence-corrected chi connectivity index (χ3v) is 3.90. The Kier molecular flexibility index (Phi) is 4.20. The van der Waals surface area contributed by atoms with Crippen molar-refractivity contribution in [2.75, 3.05) is 12.4 Å². The van der Waals surface area contributed by atoms with Gasteiger partial charge in [-0.25, -0.2) is 0 Å². The van der Waals surface area contributed by atoms with Gasteiger partial charge in [0.2, 0.25) is 5.91 Å². The van der Waals surface area contributed by atoms with E-state index < -0.39 is 0 Å². The smallest absolute Gasteiger partial charge is 0.230 e. The Morgan fingerprint density at radius 3 is 3.00 bits per heavy atom. The monoisotopic (exact) mass is 314 g/mol. The van der Waals surface area contributed by atoms with Crippen molar-refractivity contribution in [2.45, 2.75) is 6.42 Å². The number of rotatable bonds is 5. The van der Waals surface area contributed by atoms with Crippen LogP contribution < -0.4 is 10.1 Å². The molecule has 0 fully saturated rings. The molecule has 22 heavy (non-hydrogen) atoms. The van der Waals surface area contributed by atoms with Gasteiger partial charge in [-0.15, -0.1) is 11.3 Å². The standard InChI is InChI=1S/C16H14N2O3S/c1-20-13-5-2-4-11(8-13)17-16(19)10-12-9-14(21-18-12)15-6-3-7-22-15/h2-9H,10H2,1H3,(H,17,19). The van der Waals surface area contributed by atoms with Crippen molar-refractivity contribution >= 4 is 22.9 Å². The van der Waals surface area contributed by atoms with Crippen molar-refractivity contribution in [3.8, 4) is 16.4 Å². The lowest BCUT2D eigenvalue weighted by atomic mass is 10.2. The number of benzene rings is 1. The second kappa shape index (κ2) is 6.44. The first kappa shape index (κ1) is 14.3. The summed E-state index contributed by atoms with van der Waals surface area (Å²) in [6.07, 6.45) is 0.159. The van der Waals surface area contributed by atoms with Gasteiger partial charge in [0.25, 0.3) is 0 Å². The number of amides is 1. The number of aromatic nitrogens is 1. The van der Waals surface area contributed by atoms with E-state index >= 15 is 0 Å². The molecule has 112 valence electrons. The lowest BCUT2D eigenvalue weighted by Crippen LogP contribution is -2.14. The topological polar surface area (TPSA) is 64.4 Å². The fourth-order valence-electron chi connectivity index (χ4n) is 2.00. The van der Waals surface area contributed by atoms with Crippen LogP contribution in [-0.4, -0.2) is 18.2 Å². The van der Waals surface area contributed by atoms with Crippen LogP contribution in [0, 0.1) is 0 Å². The van der Waals surface area contributed by atoms with Gasteiger partial charge in [-0.3, -0.25) is 4.79 Å². The number of carbonyl (C=O) groups excluding carboxylic acids is 1. The molecule has 0 aliphatic carbocycles. The highest BCUT2D eigenvalue weighted by molar-refractivity contribution is 7.13. The fraction of sp³-hybridized carbons (Fsp3) is 0.125. The normalized spacial score (nSPS) is 10.4. The van der Waals surface area contributed by atoms with Crippen LogP contribution in [0.1, 0.15) is 5.69 Å². The van der Waals surface area contributed by atoms with E-state index in [1.807, 2.05) is 29.6 Å². The molecule has 1 amide bonds. The summed E-state index contributed by atoms with van der Waals surface area (Å²) in [6, 6.07) is 12.9. The molecule has 5 nitrogen and oxygen atoms in total. The molecule has 2 aromatic heterocycles. The molecule has 0 saturated heterocycles. The quantitative estimate of drug-likeness (QED) is 0.781. The predicted octanol–water partition coefficient (Wildman–Crippen LogP) is 3.59. The van der Waals surface area contributed by atoms with Gasteiger partial charge < -0.3 is 14.6 Å². The van der Waals surface area contributed by atoms with Crippen LogP contribution in [0.3, 0.4) is 0 Å². The molecule has 3 rings (SSSR count). The molecule has 1 aromatic carbocycles. The number of ether oxygens (including phenoxy) is 1. The first-order valence-electron chi connectivity index (χ1n) is 6.68. The largest absolute Gasteiger partial charge is 0.497 e. The van der Waals surface area contributed by atoms with E-state index in [1.165, 1.54) is 0 Å². The molecular formula is C16H14N2O3S. The van der Waals surface area contributed by atoms with E-state index in [2.05, 4.69) is 10.5 Å². The highest BCUT2D eigenvalue weighted by atomic mass is 32.1. The fourth-order valence-corrected chi connectivity index (χ4v) is 2.67. The second-order valence-corrected chi connectivity index (χ2v) is 5.56. The van der Waals surface area contributed by atoms with Gasteiger partial charge in [0.05, 0.1) is 24.1 Å². The van der Waals surface area contributed by atoms with E-state index in [0.29, 0.717) is 22.9 Å². The zero-order valence-electron chi connectivity index (χ0n) is 11.9. The third kappa shape index (κ3) is 3.35. The first-order valence-corrected chi connectivity index (χ1v) is 7.56. The lowest BCUT2D eigenvalue weighted by Gasteiger charge is -2.05. The number of hydrogen-bond acceptors (Lipinski definition) is 5. The molecule has 0 spiro atoms. The number of nitrogens with one attached hydrogen (secondary N) is 1. The summed E-state index contributed by atoms with van der Waals surface area (Å²) >= 11 is 1.57. The molecule has 0 aliphatic heterocycles. The summed E-state index contributed by atoms with van der Waals surface area (Å²) in [5.74, 6) is 1.22. The minimum Gasteiger partial charge on any atom is -0.497 e. The molecule has 0 aliphatic rings. The molecule has 0 unspecified atom stereocenters. The third-order valence-electron chi connectivity index (χ3n) is 3.02. The van der Waals surface area contributed by atoms with Gasteiger partial charge in [-0.1, -0.05) is 17.3 Å². The maximum absolute atomic E-state index is 12.0. The molecule has 0 bridgehead atoms. The summed E-state index contributed by atoms with van der Waals surface area (Å²) in [6.45, 7) is 0. The van der Waals surface area contributed by atoms with E-state index in [4.69, 9.17) is 9.26 Å². The van der Waals surface area contributed by atoms with E-state index in [-0.39, 0.29) is 12.3 Å². The predicted molar refractivity (Wildman–Crippen MR) is 85.1 cm³/mol. The maximum Gasteiger partial charge on any atom is 0.230 e. The van der Waals surface area contributed by atoms with Gasteiger partial charge in [0.15, 0.2) is 5.76 Å². The minimum atomic E-state index is -0.153. The molecule has 2 heterocycles. The van der Waals surface area contributed by atoms with Gasteiger partial charge >= 0.3 is 0 Å². The zero-order valence-corrected chi connectivity index (χ0v) is 12.7. The van der Waals surface area contributed by atoms with Crippen molar-refractivity contribution in [2.24, 2.45) is 0 Å². The van der Waals surface area contributed by atoms with Gasteiger partial charge in [0.1, 0.15) is 5.75 Å². The molecular weight excluding hydrogens is 300 g/mol. The highest BCUT2D eigenvalue weighted by Crippen LogP contribution is 2.25.